The van der Waals surface area contributed by atoms with Crippen molar-refractivity contribution in [2.24, 2.45) is 0 Å². The molecule has 0 bridgehead atoms. The molecule has 1 aliphatic carbocycles. The van der Waals surface area contributed by atoms with Crippen LogP contribution < -0.4 is 10.6 Å². The number of nitrogens with zero attached hydrogens (tertiary/aromatic N) is 2. The van der Waals surface area contributed by atoms with E-state index in [1.165, 1.54) is 19.3 Å². The highest BCUT2D eigenvalue weighted by atomic mass is 16.1. The molecule has 23 heavy (non-hydrogen) atoms. The summed E-state index contributed by atoms with van der Waals surface area (Å²) < 4.78 is 0. The first kappa shape index (κ1) is 15.5. The van der Waals surface area contributed by atoms with Crippen LogP contribution in [0.1, 0.15) is 48.0 Å². The Hall–Kier alpha value is -2.43. The lowest BCUT2D eigenvalue weighted by Gasteiger charge is -2.23. The van der Waals surface area contributed by atoms with Gasteiger partial charge < -0.3 is 10.6 Å². The van der Waals surface area contributed by atoms with Crippen LogP contribution in [0, 0.1) is 0 Å². The summed E-state index contributed by atoms with van der Waals surface area (Å²) in [5.41, 5.74) is 1.71. The molecule has 5 heteroatoms. The first-order chi connectivity index (χ1) is 11.3. The van der Waals surface area contributed by atoms with Gasteiger partial charge in [-0.3, -0.25) is 9.78 Å². The summed E-state index contributed by atoms with van der Waals surface area (Å²) in [4.78, 5) is 20.9. The Balaban J connectivity index is 1.65. The number of amides is 1. The maximum absolute atomic E-state index is 12.5. The number of carbonyl (C=O) groups excluding carboxylic acids is 1. The SMILES string of the molecule is O=C(NC1CCCCC1)c1cccnc1NCc1ccncc1. The van der Waals surface area contributed by atoms with Crippen LogP contribution in [-0.4, -0.2) is 21.9 Å². The maximum Gasteiger partial charge on any atom is 0.255 e. The number of anilines is 1. The lowest BCUT2D eigenvalue weighted by atomic mass is 9.95. The Kier molecular flexibility index (Phi) is 5.19. The molecule has 5 nitrogen and oxygen atoms in total. The van der Waals surface area contributed by atoms with Crippen molar-refractivity contribution < 1.29 is 4.79 Å². The normalized spacial score (nSPS) is 15.1. The summed E-state index contributed by atoms with van der Waals surface area (Å²) in [6, 6.07) is 7.80. The van der Waals surface area contributed by atoms with Gasteiger partial charge in [0.2, 0.25) is 0 Å². The van der Waals surface area contributed by atoms with E-state index in [1.54, 1.807) is 24.7 Å². The molecule has 120 valence electrons. The highest BCUT2D eigenvalue weighted by Gasteiger charge is 2.18. The molecule has 1 aliphatic rings. The van der Waals surface area contributed by atoms with Crippen molar-refractivity contribution in [1.82, 2.24) is 15.3 Å². The molecule has 1 fully saturated rings. The third-order valence-electron chi connectivity index (χ3n) is 4.20. The zero-order valence-corrected chi connectivity index (χ0v) is 13.2. The average Bonchev–Trinajstić information content (AvgIpc) is 2.62. The van der Waals surface area contributed by atoms with Gasteiger partial charge in [0.05, 0.1) is 5.56 Å². The van der Waals surface area contributed by atoms with E-state index < -0.39 is 0 Å². The molecule has 2 aromatic rings. The fourth-order valence-corrected chi connectivity index (χ4v) is 2.93. The second-order valence-corrected chi connectivity index (χ2v) is 5.92. The maximum atomic E-state index is 12.5. The van der Waals surface area contributed by atoms with Gasteiger partial charge in [0.25, 0.3) is 5.91 Å². The number of aromatic nitrogens is 2. The molecule has 2 N–H and O–H groups in total. The van der Waals surface area contributed by atoms with Crippen LogP contribution in [0.2, 0.25) is 0 Å². The van der Waals surface area contributed by atoms with Crippen LogP contribution in [0.25, 0.3) is 0 Å². The van der Waals surface area contributed by atoms with Crippen LogP contribution >= 0.6 is 0 Å². The van der Waals surface area contributed by atoms with Crippen molar-refractivity contribution in [3.63, 3.8) is 0 Å². The van der Waals surface area contributed by atoms with Gasteiger partial charge in [-0.2, -0.15) is 0 Å². The molecule has 0 unspecified atom stereocenters. The topological polar surface area (TPSA) is 66.9 Å². The summed E-state index contributed by atoms with van der Waals surface area (Å²) in [6.07, 6.45) is 11.0. The fraction of sp³-hybridized carbons (Fsp3) is 0.389. The molecule has 0 aliphatic heterocycles. The largest absolute Gasteiger partial charge is 0.365 e. The number of rotatable bonds is 5. The smallest absolute Gasteiger partial charge is 0.255 e. The molecule has 0 spiro atoms. The third-order valence-corrected chi connectivity index (χ3v) is 4.20. The van der Waals surface area contributed by atoms with Crippen molar-refractivity contribution in [1.29, 1.82) is 0 Å². The first-order valence-electron chi connectivity index (χ1n) is 8.21. The number of pyridine rings is 2. The average molecular weight is 310 g/mol. The van der Waals surface area contributed by atoms with Crippen LogP contribution in [0.3, 0.4) is 0 Å². The summed E-state index contributed by atoms with van der Waals surface area (Å²) in [6.45, 7) is 0.614. The van der Waals surface area contributed by atoms with Crippen molar-refractivity contribution in [3.8, 4) is 0 Å². The fourth-order valence-electron chi connectivity index (χ4n) is 2.93. The van der Waals surface area contributed by atoms with E-state index in [0.29, 0.717) is 24.0 Å². The predicted octanol–water partition coefficient (Wildman–Crippen LogP) is 3.15. The zero-order chi connectivity index (χ0) is 15.9. The van der Waals surface area contributed by atoms with Gasteiger partial charge in [0, 0.05) is 31.2 Å². The molecule has 0 aromatic carbocycles. The molecular weight excluding hydrogens is 288 g/mol. The Morgan fingerprint density at radius 3 is 2.65 bits per heavy atom. The van der Waals surface area contributed by atoms with E-state index in [9.17, 15) is 4.79 Å². The summed E-state index contributed by atoms with van der Waals surface area (Å²) in [5, 5.41) is 6.39. The number of hydrogen-bond acceptors (Lipinski definition) is 4. The predicted molar refractivity (Wildman–Crippen MR) is 90.1 cm³/mol. The molecule has 3 rings (SSSR count). The quantitative estimate of drug-likeness (QED) is 0.890. The summed E-state index contributed by atoms with van der Waals surface area (Å²) in [7, 11) is 0. The zero-order valence-electron chi connectivity index (χ0n) is 13.2. The van der Waals surface area contributed by atoms with Crippen LogP contribution in [0.4, 0.5) is 5.82 Å². The summed E-state index contributed by atoms with van der Waals surface area (Å²) in [5.74, 6) is 0.583. The Morgan fingerprint density at radius 2 is 1.87 bits per heavy atom. The van der Waals surface area contributed by atoms with E-state index in [4.69, 9.17) is 0 Å². The van der Waals surface area contributed by atoms with Crippen molar-refractivity contribution in [2.45, 2.75) is 44.7 Å². The molecule has 2 aromatic heterocycles. The Morgan fingerprint density at radius 1 is 1.09 bits per heavy atom. The van der Waals surface area contributed by atoms with Gasteiger partial charge in [0.15, 0.2) is 0 Å². The van der Waals surface area contributed by atoms with E-state index in [1.807, 2.05) is 18.2 Å². The van der Waals surface area contributed by atoms with Crippen LogP contribution in [0.15, 0.2) is 42.9 Å². The molecule has 1 amide bonds. The minimum atomic E-state index is -0.0396. The van der Waals surface area contributed by atoms with Crippen LogP contribution in [-0.2, 0) is 6.54 Å². The van der Waals surface area contributed by atoms with E-state index >= 15 is 0 Å². The molecule has 0 saturated heterocycles. The third kappa shape index (κ3) is 4.28. The lowest BCUT2D eigenvalue weighted by molar-refractivity contribution is 0.0928. The van der Waals surface area contributed by atoms with Gasteiger partial charge >= 0.3 is 0 Å². The van der Waals surface area contributed by atoms with E-state index in [2.05, 4.69) is 20.6 Å². The molecule has 0 atom stereocenters. The van der Waals surface area contributed by atoms with Gasteiger partial charge in [-0.25, -0.2) is 4.98 Å². The molecule has 1 saturated carbocycles. The number of carbonyl (C=O) groups is 1. The van der Waals surface area contributed by atoms with Gasteiger partial charge in [-0.1, -0.05) is 19.3 Å². The molecule has 2 heterocycles. The van der Waals surface area contributed by atoms with E-state index in [-0.39, 0.29) is 5.91 Å². The monoisotopic (exact) mass is 310 g/mol. The number of hydrogen-bond donors (Lipinski definition) is 2. The van der Waals surface area contributed by atoms with Gasteiger partial charge in [-0.05, 0) is 42.7 Å². The van der Waals surface area contributed by atoms with Crippen molar-refractivity contribution >= 4 is 11.7 Å². The minimum Gasteiger partial charge on any atom is -0.365 e. The standard InChI is InChI=1S/C18H22N4O/c23-18(22-15-5-2-1-3-6-15)16-7-4-10-20-17(16)21-13-14-8-11-19-12-9-14/h4,7-12,15H,1-3,5-6,13H2,(H,20,21)(H,22,23). The number of nitrogens with one attached hydrogen (secondary N) is 2. The molecular formula is C18H22N4O. The Bertz CT molecular complexity index is 638. The second-order valence-electron chi connectivity index (χ2n) is 5.92. The second kappa shape index (κ2) is 7.72. The van der Waals surface area contributed by atoms with Gasteiger partial charge in [-0.15, -0.1) is 0 Å². The minimum absolute atomic E-state index is 0.0396. The van der Waals surface area contributed by atoms with E-state index in [0.717, 1.165) is 18.4 Å². The van der Waals surface area contributed by atoms with Gasteiger partial charge in [0.1, 0.15) is 5.82 Å². The van der Waals surface area contributed by atoms with Crippen LogP contribution in [0.5, 0.6) is 0 Å². The highest BCUT2D eigenvalue weighted by Crippen LogP contribution is 2.19. The molecule has 0 radical (unpaired) electrons. The lowest BCUT2D eigenvalue weighted by Crippen LogP contribution is -2.36. The Labute approximate surface area is 136 Å². The highest BCUT2D eigenvalue weighted by molar-refractivity contribution is 5.98. The first-order valence-corrected chi connectivity index (χ1v) is 8.21. The summed E-state index contributed by atoms with van der Waals surface area (Å²) >= 11 is 0. The van der Waals surface area contributed by atoms with Crippen molar-refractivity contribution in [2.75, 3.05) is 5.32 Å². The van der Waals surface area contributed by atoms with Crippen molar-refractivity contribution in [3.05, 3.63) is 54.0 Å².